The Kier molecular flexibility index (Phi) is 8.47. The van der Waals surface area contributed by atoms with Crippen LogP contribution in [0.4, 0.5) is 0 Å². The summed E-state index contributed by atoms with van der Waals surface area (Å²) < 4.78 is 16.1. The van der Waals surface area contributed by atoms with Crippen LogP contribution >= 0.6 is 23.2 Å². The summed E-state index contributed by atoms with van der Waals surface area (Å²) in [5, 5.41) is 14.3. The molecule has 0 saturated carbocycles. The van der Waals surface area contributed by atoms with Crippen molar-refractivity contribution in [3.63, 3.8) is 0 Å². The number of allylic oxidation sites excluding steroid dienone is 3. The Morgan fingerprint density at radius 2 is 1.84 bits per heavy atom. The molecule has 0 fully saturated rings. The molecule has 2 N–H and O–H groups in total. The highest BCUT2D eigenvalue weighted by Crippen LogP contribution is 2.48. The number of phenolic OH excluding ortho intramolecular Hbond substituents is 1. The van der Waals surface area contributed by atoms with Gasteiger partial charge in [-0.1, -0.05) is 35.3 Å². The third kappa shape index (κ3) is 5.64. The van der Waals surface area contributed by atoms with E-state index >= 15 is 0 Å². The average Bonchev–Trinajstić information content (AvgIpc) is 2.87. The number of rotatable bonds is 8. The fourth-order valence-electron chi connectivity index (χ4n) is 4.95. The van der Waals surface area contributed by atoms with E-state index in [-0.39, 0.29) is 47.9 Å². The minimum atomic E-state index is -0.749. The van der Waals surface area contributed by atoms with Crippen LogP contribution in [0.3, 0.4) is 0 Å². The molecule has 0 radical (unpaired) electrons. The van der Waals surface area contributed by atoms with E-state index in [1.54, 1.807) is 19.1 Å². The number of hydrogen-bond donors (Lipinski definition) is 2. The van der Waals surface area contributed by atoms with Crippen molar-refractivity contribution >= 4 is 35.0 Å². The third-order valence-electron chi connectivity index (χ3n) is 6.66. The molecular weight excluding hydrogens is 517 g/mol. The standard InChI is InChI=1S/C28H29Cl2NO6/c1-4-36-9-10-37-28(34)24-15(2)31-21-12-17(16-5-7-19(29)8-6-16)13-22(32)26(21)25(24)18-11-20(30)27(33)23(14-18)35-3/h5-8,11,14,17,25,31,33H,4,9-10,12-13H2,1-3H3/t17-,25-/m1/s1. The summed E-state index contributed by atoms with van der Waals surface area (Å²) in [5.74, 6) is -1.50. The van der Waals surface area contributed by atoms with Crippen LogP contribution in [-0.2, 0) is 19.1 Å². The van der Waals surface area contributed by atoms with E-state index in [0.717, 1.165) is 11.3 Å². The van der Waals surface area contributed by atoms with Gasteiger partial charge < -0.3 is 24.6 Å². The molecule has 1 aliphatic heterocycles. The highest BCUT2D eigenvalue weighted by Gasteiger charge is 2.42. The monoisotopic (exact) mass is 545 g/mol. The molecule has 0 aromatic heterocycles. The topological polar surface area (TPSA) is 94.1 Å². The van der Waals surface area contributed by atoms with Crippen molar-refractivity contribution in [2.75, 3.05) is 26.9 Å². The maximum Gasteiger partial charge on any atom is 0.336 e. The quantitative estimate of drug-likeness (QED) is 0.327. The summed E-state index contributed by atoms with van der Waals surface area (Å²) in [7, 11) is 1.41. The second-order valence-electron chi connectivity index (χ2n) is 8.96. The number of phenols is 1. The molecule has 196 valence electrons. The van der Waals surface area contributed by atoms with E-state index in [0.29, 0.717) is 40.5 Å². The number of dihydropyridines is 1. The molecule has 4 rings (SSSR count). The van der Waals surface area contributed by atoms with Crippen molar-refractivity contribution in [2.24, 2.45) is 0 Å². The molecule has 7 nitrogen and oxygen atoms in total. The first-order valence-electron chi connectivity index (χ1n) is 12.1. The first-order chi connectivity index (χ1) is 17.7. The number of ketones is 1. The zero-order chi connectivity index (χ0) is 26.7. The first kappa shape index (κ1) is 27.0. The summed E-state index contributed by atoms with van der Waals surface area (Å²) in [6.45, 7) is 4.49. The van der Waals surface area contributed by atoms with Crippen molar-refractivity contribution in [1.29, 1.82) is 0 Å². The third-order valence-corrected chi connectivity index (χ3v) is 7.20. The number of esters is 1. The van der Waals surface area contributed by atoms with Crippen LogP contribution in [0.15, 0.2) is 58.9 Å². The van der Waals surface area contributed by atoms with Gasteiger partial charge in [-0.2, -0.15) is 0 Å². The van der Waals surface area contributed by atoms with E-state index in [4.69, 9.17) is 37.4 Å². The molecular formula is C28H29Cl2NO6. The summed E-state index contributed by atoms with van der Waals surface area (Å²) in [5.41, 5.74) is 3.67. The van der Waals surface area contributed by atoms with Gasteiger partial charge in [-0.3, -0.25) is 4.79 Å². The molecule has 9 heteroatoms. The number of carbonyl (C=O) groups is 2. The average molecular weight is 546 g/mol. The molecule has 0 unspecified atom stereocenters. The number of hydrogen-bond acceptors (Lipinski definition) is 7. The van der Waals surface area contributed by atoms with Crippen molar-refractivity contribution in [3.8, 4) is 11.5 Å². The SMILES string of the molecule is CCOCCOC(=O)C1=C(C)NC2=C(C(=O)C[C@H](c3ccc(Cl)cc3)C2)[C@@H]1c1cc(Cl)c(O)c(OC)c1. The summed E-state index contributed by atoms with van der Waals surface area (Å²) >= 11 is 12.4. The molecule has 2 aromatic carbocycles. The number of ether oxygens (including phenoxy) is 3. The van der Waals surface area contributed by atoms with Gasteiger partial charge in [-0.25, -0.2) is 4.79 Å². The lowest BCUT2D eigenvalue weighted by molar-refractivity contribution is -0.140. The maximum absolute atomic E-state index is 13.7. The normalized spacial score (nSPS) is 19.4. The Morgan fingerprint density at radius 3 is 2.51 bits per heavy atom. The molecule has 0 saturated heterocycles. The van der Waals surface area contributed by atoms with Crippen molar-refractivity contribution < 1.29 is 28.9 Å². The Balaban J connectivity index is 1.78. The number of benzene rings is 2. The molecule has 0 bridgehead atoms. The summed E-state index contributed by atoms with van der Waals surface area (Å²) in [6.07, 6.45) is 0.847. The fourth-order valence-corrected chi connectivity index (χ4v) is 5.29. The number of carbonyl (C=O) groups excluding carboxylic acids is 2. The van der Waals surface area contributed by atoms with Gasteiger partial charge in [0, 0.05) is 40.9 Å². The van der Waals surface area contributed by atoms with Crippen LogP contribution < -0.4 is 10.1 Å². The van der Waals surface area contributed by atoms with Crippen LogP contribution in [0.5, 0.6) is 11.5 Å². The second kappa shape index (κ2) is 11.6. The second-order valence-corrected chi connectivity index (χ2v) is 9.80. The Labute approximate surface area is 226 Å². The molecule has 0 spiro atoms. The highest BCUT2D eigenvalue weighted by atomic mass is 35.5. The molecule has 1 aliphatic carbocycles. The van der Waals surface area contributed by atoms with E-state index < -0.39 is 11.9 Å². The van der Waals surface area contributed by atoms with Crippen molar-refractivity contribution in [1.82, 2.24) is 5.32 Å². The Bertz CT molecular complexity index is 1270. The lowest BCUT2D eigenvalue weighted by Gasteiger charge is -2.37. The van der Waals surface area contributed by atoms with E-state index in [1.807, 2.05) is 31.2 Å². The van der Waals surface area contributed by atoms with Gasteiger partial charge in [0.25, 0.3) is 0 Å². The lowest BCUT2D eigenvalue weighted by atomic mass is 9.71. The summed E-state index contributed by atoms with van der Waals surface area (Å²) in [6, 6.07) is 10.6. The van der Waals surface area contributed by atoms with Gasteiger partial charge in [0.1, 0.15) is 6.61 Å². The smallest absolute Gasteiger partial charge is 0.336 e. The van der Waals surface area contributed by atoms with Crippen LogP contribution in [0.2, 0.25) is 10.0 Å². The van der Waals surface area contributed by atoms with E-state index in [2.05, 4.69) is 5.32 Å². The van der Waals surface area contributed by atoms with Crippen LogP contribution in [-0.4, -0.2) is 43.8 Å². The Hall–Kier alpha value is -3.00. The molecule has 2 atom stereocenters. The zero-order valence-corrected chi connectivity index (χ0v) is 22.4. The van der Waals surface area contributed by atoms with Gasteiger partial charge >= 0.3 is 5.97 Å². The maximum atomic E-state index is 13.7. The lowest BCUT2D eigenvalue weighted by Crippen LogP contribution is -2.36. The van der Waals surface area contributed by atoms with Crippen molar-refractivity contribution in [3.05, 3.63) is 80.1 Å². The Morgan fingerprint density at radius 1 is 1.11 bits per heavy atom. The molecule has 1 heterocycles. The fraction of sp³-hybridized carbons (Fsp3) is 0.357. The van der Waals surface area contributed by atoms with Crippen LogP contribution in [0, 0.1) is 0 Å². The number of halogens is 2. The molecule has 37 heavy (non-hydrogen) atoms. The first-order valence-corrected chi connectivity index (χ1v) is 12.8. The predicted molar refractivity (Wildman–Crippen MR) is 141 cm³/mol. The number of aromatic hydroxyl groups is 1. The number of methoxy groups -OCH3 is 1. The van der Waals surface area contributed by atoms with E-state index in [1.165, 1.54) is 7.11 Å². The van der Waals surface area contributed by atoms with E-state index in [9.17, 15) is 14.7 Å². The molecule has 2 aromatic rings. The van der Waals surface area contributed by atoms with Gasteiger partial charge in [0.2, 0.25) is 0 Å². The largest absolute Gasteiger partial charge is 0.503 e. The van der Waals surface area contributed by atoms with Gasteiger partial charge in [-0.05, 0) is 61.6 Å². The van der Waals surface area contributed by atoms with Gasteiger partial charge in [-0.15, -0.1) is 0 Å². The van der Waals surface area contributed by atoms with Crippen LogP contribution in [0.1, 0.15) is 49.7 Å². The predicted octanol–water partition coefficient (Wildman–Crippen LogP) is 5.65. The van der Waals surface area contributed by atoms with Crippen molar-refractivity contribution in [2.45, 2.75) is 38.5 Å². The minimum absolute atomic E-state index is 0.0397. The minimum Gasteiger partial charge on any atom is -0.503 e. The highest BCUT2D eigenvalue weighted by molar-refractivity contribution is 6.32. The molecule has 0 amide bonds. The van der Waals surface area contributed by atoms with Crippen LogP contribution in [0.25, 0.3) is 0 Å². The summed E-state index contributed by atoms with van der Waals surface area (Å²) in [4.78, 5) is 27.0. The van der Waals surface area contributed by atoms with Gasteiger partial charge in [0.15, 0.2) is 17.3 Å². The zero-order valence-electron chi connectivity index (χ0n) is 20.9. The van der Waals surface area contributed by atoms with Gasteiger partial charge in [0.05, 0.1) is 24.3 Å². The number of nitrogens with one attached hydrogen (secondary N) is 1. The number of Topliss-reactive ketones (excluding diaryl/α,β-unsaturated/α-hetero) is 1. The molecule has 2 aliphatic rings.